The van der Waals surface area contributed by atoms with E-state index < -0.39 is 16.1 Å². The van der Waals surface area contributed by atoms with Crippen LogP contribution < -0.4 is 10.5 Å². The second kappa shape index (κ2) is 4.35. The maximum atomic E-state index is 12.0. The molecule has 0 amide bonds. The maximum Gasteiger partial charge on any atom is 0.258 e. The van der Waals surface area contributed by atoms with Gasteiger partial charge in [-0.3, -0.25) is 0 Å². The Balaban J connectivity index is 2.18. The van der Waals surface area contributed by atoms with E-state index in [9.17, 15) is 8.42 Å². The minimum atomic E-state index is -3.62. The average molecular weight is 274 g/mol. The van der Waals surface area contributed by atoms with E-state index in [1.165, 1.54) is 6.20 Å². The molecule has 1 heterocycles. The van der Waals surface area contributed by atoms with E-state index in [0.717, 1.165) is 12.8 Å². The Morgan fingerprint density at radius 2 is 2.35 bits per heavy atom. The SMILES string of the molecule is Cc1ncc(S(=O)(=O)NC(C(N)=S)C2CC2)[nH]1. The van der Waals surface area contributed by atoms with E-state index in [-0.39, 0.29) is 15.9 Å². The lowest BCUT2D eigenvalue weighted by atomic mass is 10.2. The highest BCUT2D eigenvalue weighted by molar-refractivity contribution is 7.89. The van der Waals surface area contributed by atoms with E-state index in [0.29, 0.717) is 5.82 Å². The number of sulfonamides is 1. The first kappa shape index (κ1) is 12.5. The van der Waals surface area contributed by atoms with Gasteiger partial charge in [-0.15, -0.1) is 0 Å². The Labute approximate surface area is 105 Å². The maximum absolute atomic E-state index is 12.0. The van der Waals surface area contributed by atoms with Gasteiger partial charge < -0.3 is 10.7 Å². The molecule has 0 radical (unpaired) electrons. The van der Waals surface area contributed by atoms with E-state index in [1.54, 1.807) is 6.92 Å². The standard InChI is InChI=1S/C9H14N4O2S2/c1-5-11-4-7(12-5)17(14,15)13-8(9(10)16)6-2-3-6/h4,6,8,13H,2-3H2,1H3,(H2,10,16)(H,11,12). The topological polar surface area (TPSA) is 101 Å². The molecule has 1 atom stereocenters. The van der Waals surface area contributed by atoms with Crippen molar-refractivity contribution in [2.45, 2.75) is 30.8 Å². The fourth-order valence-corrected chi connectivity index (χ4v) is 3.16. The lowest BCUT2D eigenvalue weighted by Gasteiger charge is -2.15. The molecule has 0 saturated heterocycles. The predicted molar refractivity (Wildman–Crippen MR) is 66.9 cm³/mol. The van der Waals surface area contributed by atoms with Crippen molar-refractivity contribution in [1.29, 1.82) is 0 Å². The molecule has 2 rings (SSSR count). The van der Waals surface area contributed by atoms with Crippen molar-refractivity contribution in [3.8, 4) is 0 Å². The van der Waals surface area contributed by atoms with Crippen LogP contribution in [0.3, 0.4) is 0 Å². The number of aromatic amines is 1. The number of H-pyrrole nitrogens is 1. The first-order chi connectivity index (χ1) is 7.90. The van der Waals surface area contributed by atoms with Gasteiger partial charge >= 0.3 is 0 Å². The number of hydrogen-bond acceptors (Lipinski definition) is 4. The molecule has 1 aromatic heterocycles. The number of thiocarbonyl (C=S) groups is 1. The number of nitrogens with one attached hydrogen (secondary N) is 2. The van der Waals surface area contributed by atoms with Crippen LogP contribution in [0.25, 0.3) is 0 Å². The van der Waals surface area contributed by atoms with Gasteiger partial charge in [-0.2, -0.15) is 4.72 Å². The van der Waals surface area contributed by atoms with Crippen LogP contribution in [0.1, 0.15) is 18.7 Å². The zero-order valence-corrected chi connectivity index (χ0v) is 10.9. The Morgan fingerprint density at radius 1 is 1.71 bits per heavy atom. The third-order valence-electron chi connectivity index (χ3n) is 2.65. The van der Waals surface area contributed by atoms with Gasteiger partial charge in [0.05, 0.1) is 17.2 Å². The summed E-state index contributed by atoms with van der Waals surface area (Å²) in [4.78, 5) is 6.72. The molecule has 6 nitrogen and oxygen atoms in total. The second-order valence-electron chi connectivity index (χ2n) is 4.17. The summed E-state index contributed by atoms with van der Waals surface area (Å²) in [5, 5.41) is 0.0388. The zero-order valence-electron chi connectivity index (χ0n) is 9.30. The molecule has 8 heteroatoms. The van der Waals surface area contributed by atoms with Gasteiger partial charge in [-0.1, -0.05) is 12.2 Å². The molecular formula is C9H14N4O2S2. The van der Waals surface area contributed by atoms with Crippen LogP contribution in [0.2, 0.25) is 0 Å². The van der Waals surface area contributed by atoms with Crippen molar-refractivity contribution in [2.75, 3.05) is 0 Å². The number of aryl methyl sites for hydroxylation is 1. The molecule has 1 aliphatic carbocycles. The summed E-state index contributed by atoms with van der Waals surface area (Å²) in [7, 11) is -3.62. The number of nitrogens with zero attached hydrogens (tertiary/aromatic N) is 1. The quantitative estimate of drug-likeness (QED) is 0.659. The summed E-state index contributed by atoms with van der Waals surface area (Å²) in [6.07, 6.45) is 3.18. The van der Waals surface area contributed by atoms with Gasteiger partial charge in [0.15, 0.2) is 5.03 Å². The molecule has 0 bridgehead atoms. The van der Waals surface area contributed by atoms with Crippen LogP contribution in [-0.4, -0.2) is 29.4 Å². The number of nitrogens with two attached hydrogens (primary N) is 1. The van der Waals surface area contributed by atoms with Crippen molar-refractivity contribution in [3.63, 3.8) is 0 Å². The second-order valence-corrected chi connectivity index (χ2v) is 6.33. The normalized spacial score (nSPS) is 17.9. The largest absolute Gasteiger partial charge is 0.392 e. The molecule has 1 fully saturated rings. The number of rotatable bonds is 5. The monoisotopic (exact) mass is 274 g/mol. The van der Waals surface area contributed by atoms with E-state index in [2.05, 4.69) is 14.7 Å². The van der Waals surface area contributed by atoms with E-state index >= 15 is 0 Å². The zero-order chi connectivity index (χ0) is 12.6. The third-order valence-corrected chi connectivity index (χ3v) is 4.26. The lowest BCUT2D eigenvalue weighted by molar-refractivity contribution is 0.562. The van der Waals surface area contributed by atoms with E-state index in [4.69, 9.17) is 18.0 Å². The number of aromatic nitrogens is 2. The average Bonchev–Trinajstić information content (AvgIpc) is 2.96. The minimum Gasteiger partial charge on any atom is -0.392 e. The fraction of sp³-hybridized carbons (Fsp3) is 0.556. The Bertz CT molecular complexity index is 533. The highest BCUT2D eigenvalue weighted by atomic mass is 32.2. The van der Waals surface area contributed by atoms with Crippen molar-refractivity contribution < 1.29 is 8.42 Å². The summed E-state index contributed by atoms with van der Waals surface area (Å²) >= 11 is 4.88. The molecule has 0 spiro atoms. The molecule has 1 saturated carbocycles. The Morgan fingerprint density at radius 3 is 2.76 bits per heavy atom. The Hall–Kier alpha value is -0.990. The molecule has 17 heavy (non-hydrogen) atoms. The summed E-state index contributed by atoms with van der Waals surface area (Å²) in [6.45, 7) is 1.69. The minimum absolute atomic E-state index is 0.0388. The fourth-order valence-electron chi connectivity index (χ4n) is 1.58. The van der Waals surface area contributed by atoms with Crippen LogP contribution in [0.5, 0.6) is 0 Å². The van der Waals surface area contributed by atoms with Gasteiger partial charge in [0.1, 0.15) is 5.82 Å². The summed E-state index contributed by atoms with van der Waals surface area (Å²) in [5.41, 5.74) is 5.55. The molecule has 1 unspecified atom stereocenters. The molecule has 4 N–H and O–H groups in total. The van der Waals surface area contributed by atoms with Crippen molar-refractivity contribution in [1.82, 2.24) is 14.7 Å². The predicted octanol–water partition coefficient (Wildman–Crippen LogP) is 0.0611. The van der Waals surface area contributed by atoms with Gasteiger partial charge in [0.25, 0.3) is 10.0 Å². The van der Waals surface area contributed by atoms with Gasteiger partial charge in [-0.05, 0) is 25.7 Å². The van der Waals surface area contributed by atoms with Crippen molar-refractivity contribution in [3.05, 3.63) is 12.0 Å². The first-order valence-electron chi connectivity index (χ1n) is 5.23. The highest BCUT2D eigenvalue weighted by Crippen LogP contribution is 2.33. The number of imidazole rings is 1. The number of hydrogen-bond donors (Lipinski definition) is 3. The smallest absolute Gasteiger partial charge is 0.258 e. The molecule has 0 aliphatic heterocycles. The lowest BCUT2D eigenvalue weighted by Crippen LogP contribution is -2.45. The van der Waals surface area contributed by atoms with Crippen LogP contribution in [0, 0.1) is 12.8 Å². The van der Waals surface area contributed by atoms with Gasteiger partial charge in [0.2, 0.25) is 0 Å². The van der Waals surface area contributed by atoms with Gasteiger partial charge in [-0.25, -0.2) is 13.4 Å². The molecular weight excluding hydrogens is 260 g/mol. The summed E-state index contributed by atoms with van der Waals surface area (Å²) in [6, 6.07) is -0.460. The summed E-state index contributed by atoms with van der Waals surface area (Å²) in [5.74, 6) is 0.773. The van der Waals surface area contributed by atoms with E-state index in [1.807, 2.05) is 0 Å². The van der Waals surface area contributed by atoms with Crippen molar-refractivity contribution in [2.24, 2.45) is 11.7 Å². The molecule has 1 aromatic rings. The molecule has 0 aromatic carbocycles. The van der Waals surface area contributed by atoms with Crippen LogP contribution in [-0.2, 0) is 10.0 Å². The molecule has 94 valence electrons. The third kappa shape index (κ3) is 2.82. The molecule has 1 aliphatic rings. The van der Waals surface area contributed by atoms with Gasteiger partial charge in [0, 0.05) is 0 Å². The van der Waals surface area contributed by atoms with Crippen LogP contribution in [0.15, 0.2) is 11.2 Å². The van der Waals surface area contributed by atoms with Crippen LogP contribution in [0.4, 0.5) is 0 Å². The first-order valence-corrected chi connectivity index (χ1v) is 7.12. The highest BCUT2D eigenvalue weighted by Gasteiger charge is 2.36. The Kier molecular flexibility index (Phi) is 3.19. The summed E-state index contributed by atoms with van der Waals surface area (Å²) < 4.78 is 26.5. The van der Waals surface area contributed by atoms with Crippen LogP contribution >= 0.6 is 12.2 Å². The van der Waals surface area contributed by atoms with Crippen molar-refractivity contribution >= 4 is 27.2 Å².